The standard InChI is InChI=1S/C18H14N4O3S/c1-9-19-14-8-11(4-6-15(14)25-9)20-16(23)10-3-5-12-13(7-10)21-18(26)22(2)17(12)24/h3-8H,1-2H3,(H,20,23)(H,21,26). The Bertz CT molecular complexity index is 1300. The van der Waals surface area contributed by atoms with E-state index in [9.17, 15) is 9.59 Å². The number of hydrogen-bond donors (Lipinski definition) is 2. The normalized spacial score (nSPS) is 11.2. The molecule has 2 aromatic heterocycles. The number of hydrogen-bond acceptors (Lipinski definition) is 5. The summed E-state index contributed by atoms with van der Waals surface area (Å²) >= 11 is 5.12. The SMILES string of the molecule is Cc1nc2cc(NC(=O)c3ccc4c(=O)n(C)c(=S)[nH]c4c3)ccc2o1. The highest BCUT2D eigenvalue weighted by molar-refractivity contribution is 7.71. The number of rotatable bonds is 2. The highest BCUT2D eigenvalue weighted by Crippen LogP contribution is 2.20. The molecule has 0 radical (unpaired) electrons. The van der Waals surface area contributed by atoms with Crippen molar-refractivity contribution in [1.29, 1.82) is 0 Å². The third-order valence-corrected chi connectivity index (χ3v) is 4.49. The van der Waals surface area contributed by atoms with Crippen LogP contribution in [0.3, 0.4) is 0 Å². The Kier molecular flexibility index (Phi) is 3.69. The van der Waals surface area contributed by atoms with Gasteiger partial charge < -0.3 is 14.7 Å². The molecule has 7 nitrogen and oxygen atoms in total. The Morgan fingerprint density at radius 3 is 2.88 bits per heavy atom. The number of carbonyl (C=O) groups excluding carboxylic acids is 1. The highest BCUT2D eigenvalue weighted by Gasteiger charge is 2.11. The van der Waals surface area contributed by atoms with E-state index >= 15 is 0 Å². The largest absolute Gasteiger partial charge is 0.441 e. The van der Waals surface area contributed by atoms with Crippen LogP contribution in [0.2, 0.25) is 0 Å². The number of aromatic amines is 1. The third-order valence-electron chi connectivity index (χ3n) is 4.12. The lowest BCUT2D eigenvalue weighted by Crippen LogP contribution is -2.19. The molecule has 4 aromatic rings. The lowest BCUT2D eigenvalue weighted by molar-refractivity contribution is 0.102. The predicted octanol–water partition coefficient (Wildman–Crippen LogP) is 3.30. The summed E-state index contributed by atoms with van der Waals surface area (Å²) < 4.78 is 7.08. The molecule has 0 unspecified atom stereocenters. The van der Waals surface area contributed by atoms with E-state index in [2.05, 4.69) is 15.3 Å². The summed E-state index contributed by atoms with van der Waals surface area (Å²) in [7, 11) is 1.60. The number of benzene rings is 2. The number of nitrogens with one attached hydrogen (secondary N) is 2. The minimum Gasteiger partial charge on any atom is -0.441 e. The lowest BCUT2D eigenvalue weighted by Gasteiger charge is -2.07. The fourth-order valence-electron chi connectivity index (χ4n) is 2.77. The maximum Gasteiger partial charge on any atom is 0.261 e. The summed E-state index contributed by atoms with van der Waals surface area (Å²) in [5.41, 5.74) is 2.66. The molecular formula is C18H14N4O3S. The van der Waals surface area contributed by atoms with Gasteiger partial charge in [-0.15, -0.1) is 0 Å². The van der Waals surface area contributed by atoms with Gasteiger partial charge >= 0.3 is 0 Å². The molecule has 8 heteroatoms. The van der Waals surface area contributed by atoms with E-state index in [1.54, 1.807) is 50.4 Å². The maximum atomic E-state index is 12.6. The predicted molar refractivity (Wildman–Crippen MR) is 101 cm³/mol. The first-order valence-electron chi connectivity index (χ1n) is 7.84. The quantitative estimate of drug-likeness (QED) is 0.531. The van der Waals surface area contributed by atoms with E-state index < -0.39 is 0 Å². The molecule has 0 bridgehead atoms. The molecule has 0 aliphatic heterocycles. The van der Waals surface area contributed by atoms with Gasteiger partial charge in [-0.3, -0.25) is 14.2 Å². The summed E-state index contributed by atoms with van der Waals surface area (Å²) in [6.07, 6.45) is 0. The van der Waals surface area contributed by atoms with Crippen molar-refractivity contribution in [3.8, 4) is 0 Å². The number of aryl methyl sites for hydroxylation is 1. The van der Waals surface area contributed by atoms with Crippen LogP contribution < -0.4 is 10.9 Å². The summed E-state index contributed by atoms with van der Waals surface area (Å²) in [6, 6.07) is 10.1. The Hall–Kier alpha value is -3.26. The number of anilines is 1. The molecule has 0 spiro atoms. The van der Waals surface area contributed by atoms with Crippen LogP contribution >= 0.6 is 12.2 Å². The Labute approximate surface area is 152 Å². The molecule has 0 aliphatic rings. The summed E-state index contributed by atoms with van der Waals surface area (Å²) in [5.74, 6) is 0.265. The summed E-state index contributed by atoms with van der Waals surface area (Å²) in [6.45, 7) is 1.77. The third kappa shape index (κ3) is 2.70. The number of H-pyrrole nitrogens is 1. The van der Waals surface area contributed by atoms with E-state index in [1.807, 2.05) is 0 Å². The fourth-order valence-corrected chi connectivity index (χ4v) is 2.96. The van der Waals surface area contributed by atoms with E-state index in [-0.39, 0.29) is 11.5 Å². The average Bonchev–Trinajstić information content (AvgIpc) is 2.98. The monoisotopic (exact) mass is 366 g/mol. The Morgan fingerprint density at radius 1 is 1.27 bits per heavy atom. The molecule has 2 N–H and O–H groups in total. The van der Waals surface area contributed by atoms with E-state index in [4.69, 9.17) is 16.6 Å². The molecule has 0 saturated carbocycles. The molecule has 1 amide bonds. The van der Waals surface area contributed by atoms with Crippen molar-refractivity contribution in [3.05, 3.63) is 63.0 Å². The zero-order chi connectivity index (χ0) is 18.4. The molecule has 0 aliphatic carbocycles. The molecule has 0 atom stereocenters. The van der Waals surface area contributed by atoms with Gasteiger partial charge in [0.15, 0.2) is 16.2 Å². The molecule has 130 valence electrons. The van der Waals surface area contributed by atoms with Crippen molar-refractivity contribution in [3.63, 3.8) is 0 Å². The van der Waals surface area contributed by atoms with Gasteiger partial charge in [-0.1, -0.05) is 0 Å². The van der Waals surface area contributed by atoms with Gasteiger partial charge in [-0.2, -0.15) is 0 Å². The second kappa shape index (κ2) is 5.92. The number of fused-ring (bicyclic) bond motifs is 2. The highest BCUT2D eigenvalue weighted by atomic mass is 32.1. The number of nitrogens with zero attached hydrogens (tertiary/aromatic N) is 2. The zero-order valence-electron chi connectivity index (χ0n) is 14.0. The number of carbonyl (C=O) groups is 1. The minimum atomic E-state index is -0.300. The zero-order valence-corrected chi connectivity index (χ0v) is 14.8. The van der Waals surface area contributed by atoms with Gasteiger partial charge in [0.05, 0.1) is 10.9 Å². The van der Waals surface area contributed by atoms with Crippen LogP contribution in [0.25, 0.3) is 22.0 Å². The van der Waals surface area contributed by atoms with Gasteiger partial charge in [0.1, 0.15) is 5.52 Å². The molecule has 0 fully saturated rings. The Morgan fingerprint density at radius 2 is 2.08 bits per heavy atom. The smallest absolute Gasteiger partial charge is 0.261 e. The first-order chi connectivity index (χ1) is 12.4. The molecule has 2 heterocycles. The van der Waals surface area contributed by atoms with Crippen LogP contribution in [-0.2, 0) is 7.05 Å². The van der Waals surface area contributed by atoms with Crippen LogP contribution in [0.5, 0.6) is 0 Å². The fraction of sp³-hybridized carbons (Fsp3) is 0.111. The van der Waals surface area contributed by atoms with Crippen LogP contribution in [-0.4, -0.2) is 20.4 Å². The van der Waals surface area contributed by atoms with Crippen molar-refractivity contribution in [2.45, 2.75) is 6.92 Å². The second-order valence-corrected chi connectivity index (χ2v) is 6.31. The maximum absolute atomic E-state index is 12.6. The van der Waals surface area contributed by atoms with Crippen molar-refractivity contribution in [1.82, 2.24) is 14.5 Å². The second-order valence-electron chi connectivity index (χ2n) is 5.92. The molecule has 26 heavy (non-hydrogen) atoms. The molecule has 0 saturated heterocycles. The van der Waals surface area contributed by atoms with Crippen molar-refractivity contribution >= 4 is 45.8 Å². The number of amides is 1. The van der Waals surface area contributed by atoms with Gasteiger partial charge in [-0.05, 0) is 48.6 Å². The van der Waals surface area contributed by atoms with Crippen LogP contribution in [0.1, 0.15) is 16.2 Å². The number of oxazole rings is 1. The van der Waals surface area contributed by atoms with Crippen LogP contribution in [0.15, 0.2) is 45.6 Å². The topological polar surface area (TPSA) is 92.9 Å². The van der Waals surface area contributed by atoms with Crippen LogP contribution in [0.4, 0.5) is 5.69 Å². The minimum absolute atomic E-state index is 0.206. The summed E-state index contributed by atoms with van der Waals surface area (Å²) in [4.78, 5) is 32.0. The van der Waals surface area contributed by atoms with Crippen LogP contribution in [0, 0.1) is 11.7 Å². The summed E-state index contributed by atoms with van der Waals surface area (Å²) in [5, 5.41) is 3.29. The first kappa shape index (κ1) is 16.2. The van der Waals surface area contributed by atoms with Gasteiger partial charge in [-0.25, -0.2) is 4.98 Å². The van der Waals surface area contributed by atoms with Gasteiger partial charge in [0, 0.05) is 25.2 Å². The Balaban J connectivity index is 1.69. The van der Waals surface area contributed by atoms with Crippen molar-refractivity contribution in [2.24, 2.45) is 7.05 Å². The van der Waals surface area contributed by atoms with E-state index in [0.717, 1.165) is 0 Å². The van der Waals surface area contributed by atoms with E-state index in [1.165, 1.54) is 4.57 Å². The van der Waals surface area contributed by atoms with Crippen molar-refractivity contribution < 1.29 is 9.21 Å². The van der Waals surface area contributed by atoms with Gasteiger partial charge in [0.2, 0.25) is 0 Å². The molecule has 4 rings (SSSR count). The first-order valence-corrected chi connectivity index (χ1v) is 8.25. The van der Waals surface area contributed by atoms with E-state index in [0.29, 0.717) is 43.9 Å². The average molecular weight is 366 g/mol. The molecular weight excluding hydrogens is 352 g/mol. The lowest BCUT2D eigenvalue weighted by atomic mass is 10.1. The molecule has 2 aromatic carbocycles. The van der Waals surface area contributed by atoms with Gasteiger partial charge in [0.25, 0.3) is 11.5 Å². The number of aromatic nitrogens is 3. The van der Waals surface area contributed by atoms with Crippen molar-refractivity contribution in [2.75, 3.05) is 5.32 Å².